The first-order valence-electron chi connectivity index (χ1n) is 6.85. The van der Waals surface area contributed by atoms with E-state index in [1.165, 1.54) is 0 Å². The average Bonchev–Trinajstić information content (AvgIpc) is 2.55. The number of rotatable bonds is 4. The molecule has 0 aliphatic carbocycles. The highest BCUT2D eigenvalue weighted by atomic mass is 35.5. The molecule has 3 aromatic rings. The van der Waals surface area contributed by atoms with Crippen LogP contribution >= 0.6 is 11.6 Å². The minimum atomic E-state index is -0.131. The zero-order valence-electron chi connectivity index (χ0n) is 11.7. The van der Waals surface area contributed by atoms with Gasteiger partial charge in [-0.2, -0.15) is 0 Å². The van der Waals surface area contributed by atoms with Crippen molar-refractivity contribution < 1.29 is 4.79 Å². The van der Waals surface area contributed by atoms with Crippen LogP contribution in [0.25, 0.3) is 10.9 Å². The van der Waals surface area contributed by atoms with E-state index in [1.54, 1.807) is 18.3 Å². The molecule has 0 aliphatic heterocycles. The SMILES string of the molecule is O=C(CNc1ccc(Cl)cc1)Nc1cccc2cccnc12. The van der Waals surface area contributed by atoms with Gasteiger partial charge in [0.05, 0.1) is 17.7 Å². The van der Waals surface area contributed by atoms with Gasteiger partial charge in [-0.1, -0.05) is 29.8 Å². The lowest BCUT2D eigenvalue weighted by molar-refractivity contribution is -0.114. The molecule has 3 rings (SSSR count). The second-order valence-corrected chi connectivity index (χ2v) is 5.23. The summed E-state index contributed by atoms with van der Waals surface area (Å²) in [7, 11) is 0. The Morgan fingerprint density at radius 1 is 1.05 bits per heavy atom. The minimum Gasteiger partial charge on any atom is -0.376 e. The van der Waals surface area contributed by atoms with Gasteiger partial charge >= 0.3 is 0 Å². The molecule has 110 valence electrons. The molecule has 0 aliphatic rings. The molecule has 0 atom stereocenters. The maximum absolute atomic E-state index is 12.1. The molecule has 0 saturated carbocycles. The summed E-state index contributed by atoms with van der Waals surface area (Å²) in [6, 6.07) is 16.7. The highest BCUT2D eigenvalue weighted by molar-refractivity contribution is 6.30. The van der Waals surface area contributed by atoms with Gasteiger partial charge in [0, 0.05) is 22.3 Å². The lowest BCUT2D eigenvalue weighted by Crippen LogP contribution is -2.21. The Morgan fingerprint density at radius 3 is 2.64 bits per heavy atom. The Morgan fingerprint density at radius 2 is 1.82 bits per heavy atom. The molecule has 0 saturated heterocycles. The molecule has 2 N–H and O–H groups in total. The van der Waals surface area contributed by atoms with Gasteiger partial charge in [-0.3, -0.25) is 9.78 Å². The first-order valence-corrected chi connectivity index (χ1v) is 7.23. The fourth-order valence-electron chi connectivity index (χ4n) is 2.15. The van der Waals surface area contributed by atoms with Crippen LogP contribution in [0.2, 0.25) is 5.02 Å². The highest BCUT2D eigenvalue weighted by Gasteiger charge is 2.06. The number of hydrogen-bond acceptors (Lipinski definition) is 3. The first kappa shape index (κ1) is 14.4. The third kappa shape index (κ3) is 3.35. The second kappa shape index (κ2) is 6.45. The normalized spacial score (nSPS) is 10.4. The predicted octanol–water partition coefficient (Wildman–Crippen LogP) is 3.94. The van der Waals surface area contributed by atoms with Gasteiger partial charge in [-0.15, -0.1) is 0 Å². The monoisotopic (exact) mass is 311 g/mol. The summed E-state index contributed by atoms with van der Waals surface area (Å²) in [4.78, 5) is 16.4. The van der Waals surface area contributed by atoms with Crippen LogP contribution in [0.3, 0.4) is 0 Å². The molecular weight excluding hydrogens is 298 g/mol. The minimum absolute atomic E-state index is 0.131. The fourth-order valence-corrected chi connectivity index (χ4v) is 2.28. The second-order valence-electron chi connectivity index (χ2n) is 4.79. The lowest BCUT2D eigenvalue weighted by Gasteiger charge is -2.09. The zero-order valence-corrected chi connectivity index (χ0v) is 12.5. The van der Waals surface area contributed by atoms with Crippen LogP contribution in [-0.4, -0.2) is 17.4 Å². The van der Waals surface area contributed by atoms with Crippen molar-refractivity contribution in [3.8, 4) is 0 Å². The van der Waals surface area contributed by atoms with E-state index in [0.29, 0.717) is 10.7 Å². The van der Waals surface area contributed by atoms with Crippen molar-refractivity contribution in [2.24, 2.45) is 0 Å². The Kier molecular flexibility index (Phi) is 4.21. The molecule has 1 heterocycles. The van der Waals surface area contributed by atoms with Crippen molar-refractivity contribution in [1.82, 2.24) is 4.98 Å². The van der Waals surface area contributed by atoms with E-state index in [9.17, 15) is 4.79 Å². The van der Waals surface area contributed by atoms with E-state index in [4.69, 9.17) is 11.6 Å². The summed E-state index contributed by atoms with van der Waals surface area (Å²) in [5.74, 6) is -0.131. The third-order valence-corrected chi connectivity index (χ3v) is 3.46. The summed E-state index contributed by atoms with van der Waals surface area (Å²) in [5.41, 5.74) is 2.33. The van der Waals surface area contributed by atoms with Crippen LogP contribution in [0.4, 0.5) is 11.4 Å². The number of hydrogen-bond donors (Lipinski definition) is 2. The summed E-state index contributed by atoms with van der Waals surface area (Å²) in [6.45, 7) is 0.171. The molecule has 2 aromatic carbocycles. The van der Waals surface area contributed by atoms with Crippen molar-refractivity contribution in [1.29, 1.82) is 0 Å². The van der Waals surface area contributed by atoms with Crippen LogP contribution in [-0.2, 0) is 4.79 Å². The van der Waals surface area contributed by atoms with Gasteiger partial charge in [0.1, 0.15) is 0 Å². The number of benzene rings is 2. The molecule has 22 heavy (non-hydrogen) atoms. The molecule has 0 spiro atoms. The number of nitrogens with one attached hydrogen (secondary N) is 2. The molecule has 0 unspecified atom stereocenters. The van der Waals surface area contributed by atoms with E-state index in [2.05, 4.69) is 15.6 Å². The Balaban J connectivity index is 1.67. The molecular formula is C17H14ClN3O. The number of anilines is 2. The number of nitrogens with zero attached hydrogens (tertiary/aromatic N) is 1. The topological polar surface area (TPSA) is 54.0 Å². The van der Waals surface area contributed by atoms with Crippen LogP contribution in [0.15, 0.2) is 60.8 Å². The van der Waals surface area contributed by atoms with Crippen molar-refractivity contribution in [2.45, 2.75) is 0 Å². The smallest absolute Gasteiger partial charge is 0.243 e. The van der Waals surface area contributed by atoms with Crippen molar-refractivity contribution in [2.75, 3.05) is 17.2 Å². The highest BCUT2D eigenvalue weighted by Crippen LogP contribution is 2.20. The van der Waals surface area contributed by atoms with Gasteiger partial charge in [-0.05, 0) is 36.4 Å². The van der Waals surface area contributed by atoms with Crippen molar-refractivity contribution in [3.05, 3.63) is 65.8 Å². The van der Waals surface area contributed by atoms with Crippen LogP contribution in [0, 0.1) is 0 Å². The maximum atomic E-state index is 12.1. The molecule has 0 bridgehead atoms. The summed E-state index contributed by atoms with van der Waals surface area (Å²) in [6.07, 6.45) is 1.71. The Labute approximate surface area is 133 Å². The number of pyridine rings is 1. The lowest BCUT2D eigenvalue weighted by atomic mass is 10.2. The standard InChI is InChI=1S/C17H14ClN3O/c18-13-6-8-14(9-7-13)20-11-16(22)21-15-5-1-3-12-4-2-10-19-17(12)15/h1-10,20H,11H2,(H,21,22). The molecule has 5 heteroatoms. The van der Waals surface area contributed by atoms with E-state index in [1.807, 2.05) is 42.5 Å². The Hall–Kier alpha value is -2.59. The predicted molar refractivity (Wildman–Crippen MR) is 90.3 cm³/mol. The molecule has 1 amide bonds. The number of fused-ring (bicyclic) bond motifs is 1. The molecule has 0 fully saturated rings. The summed E-state index contributed by atoms with van der Waals surface area (Å²) in [5, 5.41) is 7.58. The molecule has 1 aromatic heterocycles. The number of carbonyl (C=O) groups is 1. The van der Waals surface area contributed by atoms with E-state index in [0.717, 1.165) is 16.6 Å². The van der Waals surface area contributed by atoms with Gasteiger partial charge in [0.2, 0.25) is 5.91 Å². The quantitative estimate of drug-likeness (QED) is 0.767. The number of amides is 1. The largest absolute Gasteiger partial charge is 0.376 e. The fraction of sp³-hybridized carbons (Fsp3) is 0.0588. The van der Waals surface area contributed by atoms with Gasteiger partial charge < -0.3 is 10.6 Å². The van der Waals surface area contributed by atoms with E-state index >= 15 is 0 Å². The number of carbonyl (C=O) groups excluding carboxylic acids is 1. The number of halogens is 1. The first-order chi connectivity index (χ1) is 10.7. The summed E-state index contributed by atoms with van der Waals surface area (Å²) < 4.78 is 0. The van der Waals surface area contributed by atoms with Crippen molar-refractivity contribution in [3.63, 3.8) is 0 Å². The molecule has 0 radical (unpaired) electrons. The third-order valence-electron chi connectivity index (χ3n) is 3.20. The number of para-hydroxylation sites is 1. The van der Waals surface area contributed by atoms with Gasteiger partial charge in [-0.25, -0.2) is 0 Å². The van der Waals surface area contributed by atoms with Crippen LogP contribution in [0.1, 0.15) is 0 Å². The molecule has 4 nitrogen and oxygen atoms in total. The number of aromatic nitrogens is 1. The summed E-state index contributed by atoms with van der Waals surface area (Å²) >= 11 is 5.82. The maximum Gasteiger partial charge on any atom is 0.243 e. The van der Waals surface area contributed by atoms with Crippen LogP contribution in [0.5, 0.6) is 0 Å². The van der Waals surface area contributed by atoms with E-state index in [-0.39, 0.29) is 12.5 Å². The van der Waals surface area contributed by atoms with Gasteiger partial charge in [0.25, 0.3) is 0 Å². The van der Waals surface area contributed by atoms with Crippen molar-refractivity contribution >= 4 is 39.8 Å². The Bertz CT molecular complexity index is 797. The van der Waals surface area contributed by atoms with Crippen LogP contribution < -0.4 is 10.6 Å². The van der Waals surface area contributed by atoms with Gasteiger partial charge in [0.15, 0.2) is 0 Å². The average molecular weight is 312 g/mol. The van der Waals surface area contributed by atoms with E-state index < -0.39 is 0 Å². The zero-order chi connectivity index (χ0) is 15.4.